The Kier molecular flexibility index (Phi) is 6.07. The van der Waals surface area contributed by atoms with E-state index in [1.54, 1.807) is 6.07 Å². The van der Waals surface area contributed by atoms with Crippen LogP contribution in [0, 0.1) is 11.6 Å². The van der Waals surface area contributed by atoms with Gasteiger partial charge in [0.1, 0.15) is 0 Å². The molecule has 1 amide bonds. The maximum Gasteiger partial charge on any atom is 0.234 e. The molecule has 1 N–H and O–H groups in total. The van der Waals surface area contributed by atoms with Gasteiger partial charge in [-0.1, -0.05) is 6.07 Å². The topological polar surface area (TPSA) is 35.6 Å². The highest BCUT2D eigenvalue weighted by Crippen LogP contribution is 2.23. The standard InChI is InChI=1S/C17H25F2N3O/c1-12(2)20-17(23)11-21-6-8-22(9-7-21)13(3)14-4-5-15(18)16(19)10-14/h4-5,10,12-13H,6-9,11H2,1-3H3,(H,20,23). The minimum Gasteiger partial charge on any atom is -0.353 e. The third-order valence-electron chi connectivity index (χ3n) is 4.20. The normalized spacial score (nSPS) is 18.2. The maximum atomic E-state index is 13.4. The van der Waals surface area contributed by atoms with Crippen LogP contribution in [-0.2, 0) is 4.79 Å². The number of carbonyl (C=O) groups excluding carboxylic acids is 1. The van der Waals surface area contributed by atoms with Crippen molar-refractivity contribution in [2.75, 3.05) is 32.7 Å². The van der Waals surface area contributed by atoms with Crippen LogP contribution < -0.4 is 5.32 Å². The van der Waals surface area contributed by atoms with Gasteiger partial charge in [0.05, 0.1) is 6.54 Å². The van der Waals surface area contributed by atoms with Crippen LogP contribution in [-0.4, -0.2) is 54.5 Å². The van der Waals surface area contributed by atoms with Crippen LogP contribution in [0.3, 0.4) is 0 Å². The summed E-state index contributed by atoms with van der Waals surface area (Å²) in [5, 5.41) is 2.89. The molecule has 23 heavy (non-hydrogen) atoms. The summed E-state index contributed by atoms with van der Waals surface area (Å²) in [4.78, 5) is 16.1. The van der Waals surface area contributed by atoms with Gasteiger partial charge < -0.3 is 5.32 Å². The van der Waals surface area contributed by atoms with Crippen molar-refractivity contribution in [3.8, 4) is 0 Å². The van der Waals surface area contributed by atoms with Crippen LogP contribution >= 0.6 is 0 Å². The van der Waals surface area contributed by atoms with Gasteiger partial charge in [-0.2, -0.15) is 0 Å². The lowest BCUT2D eigenvalue weighted by Crippen LogP contribution is -2.50. The molecule has 0 bridgehead atoms. The molecule has 0 spiro atoms. The van der Waals surface area contributed by atoms with Gasteiger partial charge in [-0.05, 0) is 38.5 Å². The fourth-order valence-electron chi connectivity index (χ4n) is 2.86. The summed E-state index contributed by atoms with van der Waals surface area (Å²) in [7, 11) is 0. The molecule has 1 unspecified atom stereocenters. The molecule has 0 radical (unpaired) electrons. The Hall–Kier alpha value is -1.53. The second-order valence-corrected chi connectivity index (χ2v) is 6.38. The third kappa shape index (κ3) is 4.97. The van der Waals surface area contributed by atoms with Gasteiger partial charge in [0.2, 0.25) is 5.91 Å². The van der Waals surface area contributed by atoms with Crippen molar-refractivity contribution in [2.45, 2.75) is 32.9 Å². The Morgan fingerprint density at radius 3 is 2.35 bits per heavy atom. The van der Waals surface area contributed by atoms with Gasteiger partial charge in [0, 0.05) is 38.3 Å². The van der Waals surface area contributed by atoms with E-state index in [1.165, 1.54) is 12.1 Å². The zero-order valence-electron chi connectivity index (χ0n) is 14.0. The van der Waals surface area contributed by atoms with E-state index in [0.717, 1.165) is 31.7 Å². The van der Waals surface area contributed by atoms with Crippen LogP contribution in [0.25, 0.3) is 0 Å². The van der Waals surface area contributed by atoms with Crippen molar-refractivity contribution in [1.82, 2.24) is 15.1 Å². The smallest absolute Gasteiger partial charge is 0.234 e. The van der Waals surface area contributed by atoms with Crippen LogP contribution in [0.2, 0.25) is 0 Å². The zero-order valence-corrected chi connectivity index (χ0v) is 14.0. The molecule has 0 saturated carbocycles. The molecule has 6 heteroatoms. The van der Waals surface area contributed by atoms with Gasteiger partial charge in [0.15, 0.2) is 11.6 Å². The molecular formula is C17H25F2N3O. The predicted molar refractivity (Wildman–Crippen MR) is 86.1 cm³/mol. The second-order valence-electron chi connectivity index (χ2n) is 6.38. The number of hydrogen-bond acceptors (Lipinski definition) is 3. The molecule has 4 nitrogen and oxygen atoms in total. The van der Waals surface area contributed by atoms with E-state index >= 15 is 0 Å². The van der Waals surface area contributed by atoms with Crippen LogP contribution in [0.4, 0.5) is 8.78 Å². The van der Waals surface area contributed by atoms with Gasteiger partial charge in [0.25, 0.3) is 0 Å². The molecule has 0 aliphatic carbocycles. The molecule has 2 rings (SSSR count). The summed E-state index contributed by atoms with van der Waals surface area (Å²) in [5.74, 6) is -1.58. The molecule has 1 fully saturated rings. The highest BCUT2D eigenvalue weighted by atomic mass is 19.2. The minimum atomic E-state index is -0.818. The number of piperazine rings is 1. The van der Waals surface area contributed by atoms with Crippen molar-refractivity contribution in [1.29, 1.82) is 0 Å². The average molecular weight is 325 g/mol. The Balaban J connectivity index is 1.86. The van der Waals surface area contributed by atoms with Crippen LogP contribution in [0.5, 0.6) is 0 Å². The maximum absolute atomic E-state index is 13.4. The lowest BCUT2D eigenvalue weighted by Gasteiger charge is -2.38. The number of nitrogens with zero attached hydrogens (tertiary/aromatic N) is 2. The summed E-state index contributed by atoms with van der Waals surface area (Å²) in [6.45, 7) is 9.47. The van der Waals surface area contributed by atoms with E-state index in [2.05, 4.69) is 15.1 Å². The van der Waals surface area contributed by atoms with E-state index < -0.39 is 11.6 Å². The van der Waals surface area contributed by atoms with E-state index in [4.69, 9.17) is 0 Å². The first kappa shape index (κ1) is 17.8. The predicted octanol–water partition coefficient (Wildman–Crippen LogP) is 2.17. The van der Waals surface area contributed by atoms with E-state index in [9.17, 15) is 13.6 Å². The number of amides is 1. The SMILES string of the molecule is CC(C)NC(=O)CN1CCN(C(C)c2ccc(F)c(F)c2)CC1. The number of nitrogens with one attached hydrogen (secondary N) is 1. The molecule has 1 aliphatic heterocycles. The molecule has 0 aromatic heterocycles. The molecule has 1 aliphatic rings. The summed E-state index contributed by atoms with van der Waals surface area (Å²) in [6.07, 6.45) is 0. The van der Waals surface area contributed by atoms with Gasteiger partial charge in [-0.3, -0.25) is 14.6 Å². The van der Waals surface area contributed by atoms with E-state index in [1.807, 2.05) is 20.8 Å². The monoisotopic (exact) mass is 325 g/mol. The van der Waals surface area contributed by atoms with Gasteiger partial charge in [-0.25, -0.2) is 8.78 Å². The molecule has 1 aromatic rings. The summed E-state index contributed by atoms with van der Waals surface area (Å²) >= 11 is 0. The Bertz CT molecular complexity index is 543. The fourth-order valence-corrected chi connectivity index (χ4v) is 2.86. The highest BCUT2D eigenvalue weighted by Gasteiger charge is 2.23. The third-order valence-corrected chi connectivity index (χ3v) is 4.20. The first-order chi connectivity index (χ1) is 10.9. The Morgan fingerprint density at radius 2 is 1.78 bits per heavy atom. The summed E-state index contributed by atoms with van der Waals surface area (Å²) in [6, 6.07) is 4.25. The minimum absolute atomic E-state index is 0.0248. The number of hydrogen-bond donors (Lipinski definition) is 1. The van der Waals surface area contributed by atoms with E-state index in [0.29, 0.717) is 6.54 Å². The molecule has 1 saturated heterocycles. The van der Waals surface area contributed by atoms with Crippen molar-refractivity contribution in [3.05, 3.63) is 35.4 Å². The zero-order chi connectivity index (χ0) is 17.0. The van der Waals surface area contributed by atoms with Crippen molar-refractivity contribution < 1.29 is 13.6 Å². The largest absolute Gasteiger partial charge is 0.353 e. The summed E-state index contributed by atoms with van der Waals surface area (Å²) < 4.78 is 26.4. The Labute approximate surface area is 136 Å². The Morgan fingerprint density at radius 1 is 1.13 bits per heavy atom. The summed E-state index contributed by atoms with van der Waals surface area (Å²) in [5.41, 5.74) is 0.773. The lowest BCUT2D eigenvalue weighted by atomic mass is 10.1. The number of benzene rings is 1. The van der Waals surface area contributed by atoms with Gasteiger partial charge in [-0.15, -0.1) is 0 Å². The van der Waals surface area contributed by atoms with Crippen molar-refractivity contribution in [2.24, 2.45) is 0 Å². The van der Waals surface area contributed by atoms with Crippen LogP contribution in [0.1, 0.15) is 32.4 Å². The van der Waals surface area contributed by atoms with E-state index in [-0.39, 0.29) is 18.0 Å². The number of rotatable bonds is 5. The van der Waals surface area contributed by atoms with Crippen LogP contribution in [0.15, 0.2) is 18.2 Å². The highest BCUT2D eigenvalue weighted by molar-refractivity contribution is 5.78. The number of carbonyl (C=O) groups is 1. The van der Waals surface area contributed by atoms with Crippen molar-refractivity contribution in [3.63, 3.8) is 0 Å². The molecule has 1 heterocycles. The van der Waals surface area contributed by atoms with Crippen molar-refractivity contribution >= 4 is 5.91 Å². The first-order valence-corrected chi connectivity index (χ1v) is 8.07. The molecule has 1 atom stereocenters. The lowest BCUT2D eigenvalue weighted by molar-refractivity contribution is -0.123. The molecular weight excluding hydrogens is 300 g/mol. The fraction of sp³-hybridized carbons (Fsp3) is 0.588. The average Bonchev–Trinajstić information content (AvgIpc) is 2.49. The first-order valence-electron chi connectivity index (χ1n) is 8.07. The quantitative estimate of drug-likeness (QED) is 0.901. The van der Waals surface area contributed by atoms with Gasteiger partial charge >= 0.3 is 0 Å². The number of halogens is 2. The molecule has 1 aromatic carbocycles. The molecule has 128 valence electrons. The second kappa shape index (κ2) is 7.84.